The van der Waals surface area contributed by atoms with Crippen LogP contribution >= 0.6 is 11.3 Å². The first-order valence-corrected chi connectivity index (χ1v) is 7.55. The van der Waals surface area contributed by atoms with Gasteiger partial charge in [-0.25, -0.2) is 0 Å². The number of carbonyl (C=O) groups excluding carboxylic acids is 2. The minimum Gasteiger partial charge on any atom is -0.388 e. The third-order valence-electron chi connectivity index (χ3n) is 3.33. The Hall–Kier alpha value is -1.24. The van der Waals surface area contributed by atoms with E-state index in [9.17, 15) is 14.7 Å². The van der Waals surface area contributed by atoms with Gasteiger partial charge < -0.3 is 14.7 Å². The van der Waals surface area contributed by atoms with Crippen LogP contribution in [0.15, 0.2) is 11.4 Å². The fraction of sp³-hybridized carbons (Fsp3) is 0.571. The second kappa shape index (κ2) is 6.47. The number of carbonyl (C=O) groups is 2. The number of Topliss-reactive ketones (excluding diaryl/α,β-unsaturated/α-hetero) is 1. The number of likely N-dealkylation sites (tertiary alicyclic amines) is 1. The maximum Gasteiger partial charge on any atom is 0.227 e. The summed E-state index contributed by atoms with van der Waals surface area (Å²) in [7, 11) is 0. The van der Waals surface area contributed by atoms with Gasteiger partial charge in [-0.3, -0.25) is 9.59 Å². The number of aliphatic hydroxyl groups is 1. The summed E-state index contributed by atoms with van der Waals surface area (Å²) in [5, 5.41) is 11.7. The summed E-state index contributed by atoms with van der Waals surface area (Å²) in [6.07, 6.45) is -0.650. The summed E-state index contributed by atoms with van der Waals surface area (Å²) in [6.45, 7) is 4.65. The van der Waals surface area contributed by atoms with Crippen LogP contribution in [0.5, 0.6) is 0 Å². The van der Waals surface area contributed by atoms with Gasteiger partial charge in [-0.05, 0) is 30.9 Å². The molecule has 0 radical (unpaired) electrons. The number of nitrogens with zero attached hydrogens (tertiary/aromatic N) is 1. The van der Waals surface area contributed by atoms with Crippen LogP contribution in [-0.4, -0.2) is 53.6 Å². The molecule has 1 aromatic heterocycles. The van der Waals surface area contributed by atoms with Crippen LogP contribution in [-0.2, 0) is 16.0 Å². The molecule has 20 heavy (non-hydrogen) atoms. The third-order valence-corrected chi connectivity index (χ3v) is 4.41. The van der Waals surface area contributed by atoms with Gasteiger partial charge in [0.1, 0.15) is 6.10 Å². The highest BCUT2D eigenvalue weighted by Gasteiger charge is 2.34. The lowest BCUT2D eigenvalue weighted by Gasteiger charge is -2.15. The number of hydrogen-bond acceptors (Lipinski definition) is 5. The molecule has 5 nitrogen and oxygen atoms in total. The predicted octanol–water partition coefficient (Wildman–Crippen LogP) is 1.10. The van der Waals surface area contributed by atoms with Crippen molar-refractivity contribution in [2.75, 3.05) is 19.7 Å². The number of hydrogen-bond donors (Lipinski definition) is 1. The van der Waals surface area contributed by atoms with Crippen LogP contribution in [0.25, 0.3) is 0 Å². The van der Waals surface area contributed by atoms with Crippen LogP contribution in [0, 0.1) is 0 Å². The molecule has 1 aromatic rings. The van der Waals surface area contributed by atoms with E-state index in [0.29, 0.717) is 24.6 Å². The highest BCUT2D eigenvalue weighted by molar-refractivity contribution is 7.12. The van der Waals surface area contributed by atoms with Gasteiger partial charge in [0.2, 0.25) is 5.91 Å². The van der Waals surface area contributed by atoms with Crippen molar-refractivity contribution in [1.29, 1.82) is 0 Å². The van der Waals surface area contributed by atoms with E-state index in [1.165, 1.54) is 18.3 Å². The van der Waals surface area contributed by atoms with E-state index in [0.717, 1.165) is 5.56 Å². The molecule has 0 aromatic carbocycles. The summed E-state index contributed by atoms with van der Waals surface area (Å²) in [4.78, 5) is 25.7. The van der Waals surface area contributed by atoms with Crippen molar-refractivity contribution in [1.82, 2.24) is 4.90 Å². The van der Waals surface area contributed by atoms with Crippen molar-refractivity contribution in [2.45, 2.75) is 32.5 Å². The minimum absolute atomic E-state index is 0.0155. The fourth-order valence-electron chi connectivity index (χ4n) is 2.28. The fourth-order valence-corrected chi connectivity index (χ4v) is 3.09. The van der Waals surface area contributed by atoms with Gasteiger partial charge in [0.25, 0.3) is 0 Å². The molecule has 1 aliphatic heterocycles. The molecule has 2 rings (SSSR count). The molecule has 1 aliphatic rings. The molecule has 2 heterocycles. The van der Waals surface area contributed by atoms with Crippen molar-refractivity contribution in [3.8, 4) is 0 Å². The first-order chi connectivity index (χ1) is 9.51. The zero-order valence-corrected chi connectivity index (χ0v) is 12.5. The van der Waals surface area contributed by atoms with Crippen LogP contribution in [0.4, 0.5) is 0 Å². The Labute approximate surface area is 122 Å². The SMILES string of the molecule is CCO[C@@H]1CN(C(=O)Cc2csc(C(C)=O)c2)C[C@H]1O. The third kappa shape index (κ3) is 3.45. The van der Waals surface area contributed by atoms with Crippen molar-refractivity contribution in [3.63, 3.8) is 0 Å². The van der Waals surface area contributed by atoms with Gasteiger partial charge >= 0.3 is 0 Å². The molecule has 1 saturated heterocycles. The van der Waals surface area contributed by atoms with Gasteiger partial charge in [-0.1, -0.05) is 0 Å². The van der Waals surface area contributed by atoms with Crippen LogP contribution in [0.1, 0.15) is 29.1 Å². The molecular formula is C14H19NO4S. The van der Waals surface area contributed by atoms with E-state index in [4.69, 9.17) is 4.74 Å². The number of aliphatic hydroxyl groups excluding tert-OH is 1. The molecule has 0 bridgehead atoms. The van der Waals surface area contributed by atoms with E-state index in [1.54, 1.807) is 11.0 Å². The Morgan fingerprint density at radius 3 is 2.85 bits per heavy atom. The number of thiophene rings is 1. The predicted molar refractivity (Wildman–Crippen MR) is 76.0 cm³/mol. The van der Waals surface area contributed by atoms with Gasteiger partial charge in [-0.2, -0.15) is 0 Å². The average Bonchev–Trinajstić information content (AvgIpc) is 2.98. The van der Waals surface area contributed by atoms with Gasteiger partial charge in [-0.15, -0.1) is 11.3 Å². The van der Waals surface area contributed by atoms with Crippen molar-refractivity contribution < 1.29 is 19.4 Å². The monoisotopic (exact) mass is 297 g/mol. The molecule has 0 spiro atoms. The zero-order chi connectivity index (χ0) is 14.7. The van der Waals surface area contributed by atoms with Gasteiger partial charge in [0.15, 0.2) is 5.78 Å². The lowest BCUT2D eigenvalue weighted by Crippen LogP contribution is -2.31. The largest absolute Gasteiger partial charge is 0.388 e. The molecule has 110 valence electrons. The maximum absolute atomic E-state index is 12.2. The van der Waals surface area contributed by atoms with Crippen LogP contribution in [0.2, 0.25) is 0 Å². The van der Waals surface area contributed by atoms with Gasteiger partial charge in [0, 0.05) is 19.7 Å². The average molecular weight is 297 g/mol. The Kier molecular flexibility index (Phi) is 4.91. The molecular weight excluding hydrogens is 278 g/mol. The highest BCUT2D eigenvalue weighted by Crippen LogP contribution is 2.19. The molecule has 0 saturated carbocycles. The number of ketones is 1. The highest BCUT2D eigenvalue weighted by atomic mass is 32.1. The first kappa shape index (κ1) is 15.2. The minimum atomic E-state index is -0.617. The van der Waals surface area contributed by atoms with E-state index in [2.05, 4.69) is 0 Å². The smallest absolute Gasteiger partial charge is 0.227 e. The summed E-state index contributed by atoms with van der Waals surface area (Å²) in [6, 6.07) is 1.76. The number of β-amino-alcohol motifs (C(OH)–C–C–N with tert-alkyl or cyclic N) is 1. The Morgan fingerprint density at radius 1 is 1.50 bits per heavy atom. The number of rotatable bonds is 5. The summed E-state index contributed by atoms with van der Waals surface area (Å²) < 4.78 is 5.39. The summed E-state index contributed by atoms with van der Waals surface area (Å²) in [5.41, 5.74) is 0.847. The Morgan fingerprint density at radius 2 is 2.25 bits per heavy atom. The quantitative estimate of drug-likeness (QED) is 0.827. The molecule has 2 atom stereocenters. The van der Waals surface area contributed by atoms with Crippen LogP contribution < -0.4 is 0 Å². The zero-order valence-electron chi connectivity index (χ0n) is 11.7. The maximum atomic E-state index is 12.2. The molecule has 0 unspecified atom stereocenters. The normalized spacial score (nSPS) is 22.2. The van der Waals surface area contributed by atoms with Crippen molar-refractivity contribution in [2.24, 2.45) is 0 Å². The Bertz CT molecular complexity index is 499. The lowest BCUT2D eigenvalue weighted by atomic mass is 10.2. The summed E-state index contributed by atoms with van der Waals surface area (Å²) in [5.74, 6) is -0.0270. The standard InChI is InChI=1S/C14H19NO4S/c1-3-19-12-7-15(6-11(12)17)14(18)5-10-4-13(9(2)16)20-8-10/h4,8,11-12,17H,3,5-7H2,1-2H3/t11-,12-/m1/s1. The van der Waals surface area contributed by atoms with Gasteiger partial charge in [0.05, 0.1) is 17.4 Å². The molecule has 1 fully saturated rings. The molecule has 6 heteroatoms. The number of amides is 1. The Balaban J connectivity index is 1.93. The first-order valence-electron chi connectivity index (χ1n) is 6.67. The lowest BCUT2D eigenvalue weighted by molar-refractivity contribution is -0.130. The molecule has 1 N–H and O–H groups in total. The van der Waals surface area contributed by atoms with E-state index < -0.39 is 6.10 Å². The molecule has 1 amide bonds. The molecule has 0 aliphatic carbocycles. The van der Waals surface area contributed by atoms with Crippen molar-refractivity contribution in [3.05, 3.63) is 21.9 Å². The second-order valence-electron chi connectivity index (χ2n) is 4.91. The summed E-state index contributed by atoms with van der Waals surface area (Å²) >= 11 is 1.36. The van der Waals surface area contributed by atoms with Crippen molar-refractivity contribution >= 4 is 23.0 Å². The second-order valence-corrected chi connectivity index (χ2v) is 5.82. The topological polar surface area (TPSA) is 66.8 Å². The van der Waals surface area contributed by atoms with Crippen LogP contribution in [0.3, 0.4) is 0 Å². The van der Waals surface area contributed by atoms with E-state index in [-0.39, 0.29) is 24.2 Å². The number of ether oxygens (including phenoxy) is 1. The van der Waals surface area contributed by atoms with E-state index in [1.807, 2.05) is 12.3 Å². The van der Waals surface area contributed by atoms with E-state index >= 15 is 0 Å².